The number of nitro benzene ring substituents is 1. The number of Topliss-reactive ketones (excluding diaryl/α,β-unsaturated/α-hetero) is 1. The lowest BCUT2D eigenvalue weighted by atomic mass is 9.69. The number of allylic oxidation sites excluding steroid dienone is 2. The molecule has 2 aromatic carbocycles. The fraction of sp³-hybridized carbons (Fsp3) is 0.414. The average Bonchev–Trinajstić information content (AvgIpc) is 3.40. The molecule has 1 fully saturated rings. The number of nitro groups is 1. The zero-order chi connectivity index (χ0) is 26.1. The van der Waals surface area contributed by atoms with Crippen molar-refractivity contribution in [3.8, 4) is 5.75 Å². The molecule has 8 heteroatoms. The lowest BCUT2D eigenvalue weighted by molar-refractivity contribution is -0.384. The summed E-state index contributed by atoms with van der Waals surface area (Å²) in [5.41, 5.74) is 3.48. The van der Waals surface area contributed by atoms with Crippen LogP contribution in [0.4, 0.5) is 5.69 Å². The number of aliphatic imine (C=N–C) groups is 1. The van der Waals surface area contributed by atoms with Crippen molar-refractivity contribution in [2.24, 2.45) is 10.9 Å². The van der Waals surface area contributed by atoms with E-state index in [1.54, 1.807) is 19.2 Å². The summed E-state index contributed by atoms with van der Waals surface area (Å²) in [7, 11) is 1.61. The molecule has 0 radical (unpaired) electrons. The number of nitrogens with zero attached hydrogens (tertiary/aromatic N) is 2. The summed E-state index contributed by atoms with van der Waals surface area (Å²) < 4.78 is 11.1. The van der Waals surface area contributed by atoms with E-state index in [9.17, 15) is 19.7 Å². The van der Waals surface area contributed by atoms with E-state index in [1.165, 1.54) is 12.1 Å². The monoisotopic (exact) mass is 502 g/mol. The molecule has 1 saturated carbocycles. The molecule has 0 aromatic heterocycles. The summed E-state index contributed by atoms with van der Waals surface area (Å²) >= 11 is 0. The maximum atomic E-state index is 13.7. The zero-order valence-corrected chi connectivity index (χ0v) is 21.0. The van der Waals surface area contributed by atoms with Crippen molar-refractivity contribution in [1.82, 2.24) is 0 Å². The fourth-order valence-corrected chi connectivity index (χ4v) is 5.88. The number of non-ortho nitro benzene ring substituents is 1. The van der Waals surface area contributed by atoms with Gasteiger partial charge in [0, 0.05) is 41.5 Å². The van der Waals surface area contributed by atoms with Crippen molar-refractivity contribution in [3.05, 3.63) is 81.0 Å². The minimum atomic E-state index is -0.748. The molecule has 0 N–H and O–H groups in total. The molecule has 5 rings (SSSR count). The molecule has 1 aliphatic heterocycles. The van der Waals surface area contributed by atoms with Gasteiger partial charge in [0.25, 0.3) is 5.69 Å². The van der Waals surface area contributed by atoms with Crippen LogP contribution in [-0.2, 0) is 14.3 Å². The Morgan fingerprint density at radius 1 is 1.00 bits per heavy atom. The lowest BCUT2D eigenvalue weighted by Crippen LogP contribution is -2.39. The first-order valence-electron chi connectivity index (χ1n) is 12.8. The number of esters is 1. The third-order valence-electron chi connectivity index (χ3n) is 7.78. The summed E-state index contributed by atoms with van der Waals surface area (Å²) in [6, 6.07) is 13.8. The van der Waals surface area contributed by atoms with Crippen LogP contribution in [0.3, 0.4) is 0 Å². The predicted octanol–water partition coefficient (Wildman–Crippen LogP) is 5.66. The first-order chi connectivity index (χ1) is 17.9. The number of benzene rings is 2. The zero-order valence-electron chi connectivity index (χ0n) is 21.0. The first-order valence-corrected chi connectivity index (χ1v) is 12.8. The van der Waals surface area contributed by atoms with E-state index >= 15 is 0 Å². The molecule has 37 heavy (non-hydrogen) atoms. The molecule has 0 saturated heterocycles. The Labute approximate surface area is 215 Å². The molecule has 2 aliphatic carbocycles. The normalized spacial score (nSPS) is 23.9. The van der Waals surface area contributed by atoms with Gasteiger partial charge >= 0.3 is 5.97 Å². The highest BCUT2D eigenvalue weighted by Gasteiger charge is 2.45. The number of hydrogen-bond acceptors (Lipinski definition) is 7. The molecular weight excluding hydrogens is 472 g/mol. The van der Waals surface area contributed by atoms with Crippen LogP contribution in [0.2, 0.25) is 0 Å². The number of rotatable bonds is 6. The fourth-order valence-electron chi connectivity index (χ4n) is 5.88. The van der Waals surface area contributed by atoms with Gasteiger partial charge in [0.15, 0.2) is 5.78 Å². The Morgan fingerprint density at radius 2 is 1.65 bits per heavy atom. The van der Waals surface area contributed by atoms with Gasteiger partial charge in [-0.25, -0.2) is 0 Å². The van der Waals surface area contributed by atoms with E-state index in [1.807, 2.05) is 31.2 Å². The van der Waals surface area contributed by atoms with E-state index in [-0.39, 0.29) is 29.5 Å². The van der Waals surface area contributed by atoms with E-state index in [0.717, 1.165) is 37.0 Å². The Hall–Kier alpha value is -3.81. The Balaban J connectivity index is 1.52. The van der Waals surface area contributed by atoms with E-state index in [0.29, 0.717) is 35.4 Å². The number of hydrogen-bond donors (Lipinski definition) is 0. The van der Waals surface area contributed by atoms with Crippen LogP contribution in [0.5, 0.6) is 5.75 Å². The number of ether oxygens (including phenoxy) is 2. The van der Waals surface area contributed by atoms with Crippen molar-refractivity contribution < 1.29 is 24.0 Å². The van der Waals surface area contributed by atoms with Gasteiger partial charge in [0.2, 0.25) is 0 Å². The van der Waals surface area contributed by atoms with Gasteiger partial charge in [-0.3, -0.25) is 24.7 Å². The SMILES string of the molecule is COc1ccc([C@H]2CC(=O)C3=C(C2)N=C(C)C(C(=O)OC2CCCC2)[C@H]3c2ccc([N+](=O)[O-])cc2)cc1. The largest absolute Gasteiger partial charge is 0.497 e. The Bertz CT molecular complexity index is 1270. The van der Waals surface area contributed by atoms with Crippen molar-refractivity contribution in [2.45, 2.75) is 63.4 Å². The second-order valence-electron chi connectivity index (χ2n) is 10.1. The van der Waals surface area contributed by atoms with Crippen molar-refractivity contribution in [2.75, 3.05) is 7.11 Å². The highest BCUT2D eigenvalue weighted by Crippen LogP contribution is 2.47. The second kappa shape index (κ2) is 10.3. The van der Waals surface area contributed by atoms with Crippen LogP contribution in [0.25, 0.3) is 0 Å². The summed E-state index contributed by atoms with van der Waals surface area (Å²) in [6.45, 7) is 1.81. The smallest absolute Gasteiger partial charge is 0.315 e. The van der Waals surface area contributed by atoms with Crippen molar-refractivity contribution in [1.29, 1.82) is 0 Å². The molecule has 1 heterocycles. The molecule has 3 atom stereocenters. The summed E-state index contributed by atoms with van der Waals surface area (Å²) in [5.74, 6) is -1.06. The highest BCUT2D eigenvalue weighted by atomic mass is 16.6. The third kappa shape index (κ3) is 4.92. The molecule has 8 nitrogen and oxygen atoms in total. The molecule has 0 bridgehead atoms. The third-order valence-corrected chi connectivity index (χ3v) is 7.78. The number of ketones is 1. The number of carbonyl (C=O) groups is 2. The van der Waals surface area contributed by atoms with Crippen LogP contribution in [0.1, 0.15) is 68.4 Å². The van der Waals surface area contributed by atoms with E-state index in [2.05, 4.69) is 0 Å². The van der Waals surface area contributed by atoms with Crippen LogP contribution < -0.4 is 4.74 Å². The number of methoxy groups -OCH3 is 1. The van der Waals surface area contributed by atoms with Crippen LogP contribution >= 0.6 is 0 Å². The average molecular weight is 503 g/mol. The lowest BCUT2D eigenvalue weighted by Gasteiger charge is -2.37. The topological polar surface area (TPSA) is 108 Å². The standard InChI is InChI=1S/C29H30N2O6/c1-17-26(29(33)37-23-5-3-4-6-23)27(19-7-11-21(12-8-19)31(34)35)28-24(30-17)15-20(16-25(28)32)18-9-13-22(36-2)14-10-18/h7-14,20,23,26-27H,3-6,15-16H2,1-2H3/t20-,26?,27-/m1/s1. The predicted molar refractivity (Wildman–Crippen MR) is 138 cm³/mol. The van der Waals surface area contributed by atoms with Gasteiger partial charge in [-0.1, -0.05) is 24.3 Å². The minimum absolute atomic E-state index is 0.0341. The van der Waals surface area contributed by atoms with Crippen molar-refractivity contribution in [3.63, 3.8) is 0 Å². The quantitative estimate of drug-likeness (QED) is 0.286. The summed E-state index contributed by atoms with van der Waals surface area (Å²) in [5, 5.41) is 11.2. The van der Waals surface area contributed by atoms with Crippen molar-refractivity contribution >= 4 is 23.2 Å². The molecular formula is C29H30N2O6. The Kier molecular flexibility index (Phi) is 6.91. The highest BCUT2D eigenvalue weighted by molar-refractivity contribution is 6.09. The molecule has 2 aromatic rings. The van der Waals surface area contributed by atoms with Crippen LogP contribution in [0, 0.1) is 16.0 Å². The Morgan fingerprint density at radius 3 is 2.27 bits per heavy atom. The maximum Gasteiger partial charge on any atom is 0.315 e. The summed E-state index contributed by atoms with van der Waals surface area (Å²) in [6.07, 6.45) is 4.49. The van der Waals surface area contributed by atoms with Gasteiger partial charge in [-0.05, 0) is 68.2 Å². The minimum Gasteiger partial charge on any atom is -0.497 e. The van der Waals surface area contributed by atoms with Crippen LogP contribution in [0.15, 0.2) is 64.8 Å². The molecule has 0 spiro atoms. The van der Waals surface area contributed by atoms with Gasteiger partial charge in [-0.2, -0.15) is 0 Å². The molecule has 192 valence electrons. The molecule has 1 unspecified atom stereocenters. The first kappa shape index (κ1) is 24.9. The molecule has 3 aliphatic rings. The number of carbonyl (C=O) groups excluding carboxylic acids is 2. The van der Waals surface area contributed by atoms with Gasteiger partial charge in [0.05, 0.1) is 12.0 Å². The van der Waals surface area contributed by atoms with Gasteiger partial charge < -0.3 is 9.47 Å². The molecule has 0 amide bonds. The van der Waals surface area contributed by atoms with Crippen LogP contribution in [-0.4, -0.2) is 35.6 Å². The van der Waals surface area contributed by atoms with E-state index in [4.69, 9.17) is 14.5 Å². The second-order valence-corrected chi connectivity index (χ2v) is 10.1. The maximum absolute atomic E-state index is 13.7. The van der Waals surface area contributed by atoms with Gasteiger partial charge in [0.1, 0.15) is 17.8 Å². The summed E-state index contributed by atoms with van der Waals surface area (Å²) in [4.78, 5) is 42.8. The van der Waals surface area contributed by atoms with E-state index < -0.39 is 16.8 Å². The van der Waals surface area contributed by atoms with Gasteiger partial charge in [-0.15, -0.1) is 0 Å².